The normalized spacial score (nSPS) is 13.4. The lowest BCUT2D eigenvalue weighted by Gasteiger charge is -2.07. The molecule has 1 amide bonds. The van der Waals surface area contributed by atoms with Gasteiger partial charge in [0.25, 0.3) is 5.91 Å². The molecule has 3 aromatic rings. The minimum absolute atomic E-state index is 0.242. The number of aromatic nitrogens is 1. The monoisotopic (exact) mass is 366 g/mol. The van der Waals surface area contributed by atoms with E-state index in [9.17, 15) is 4.79 Å². The molecule has 0 atom stereocenters. The smallest absolute Gasteiger partial charge is 0.266 e. The van der Waals surface area contributed by atoms with Crippen LogP contribution in [0.5, 0.6) is 5.75 Å². The number of ether oxygens (including phenoxy) is 1. The van der Waals surface area contributed by atoms with Gasteiger partial charge in [-0.2, -0.15) is 0 Å². The van der Waals surface area contributed by atoms with Crippen molar-refractivity contribution in [1.29, 1.82) is 5.41 Å². The number of methoxy groups -OCH3 is 1. The highest BCUT2D eigenvalue weighted by Crippen LogP contribution is 2.36. The Hall–Kier alpha value is -2.93. The molecule has 6 nitrogen and oxygen atoms in total. The van der Waals surface area contributed by atoms with Gasteiger partial charge in [-0.25, -0.2) is 4.98 Å². The van der Waals surface area contributed by atoms with Crippen molar-refractivity contribution < 1.29 is 9.53 Å². The molecule has 2 aromatic heterocycles. The van der Waals surface area contributed by atoms with Crippen LogP contribution >= 0.6 is 11.3 Å². The number of carbonyl (C=O) groups excluding carboxylic acids is 1. The van der Waals surface area contributed by atoms with Crippen molar-refractivity contribution >= 4 is 45.0 Å². The zero-order valence-corrected chi connectivity index (χ0v) is 15.0. The highest BCUT2D eigenvalue weighted by Gasteiger charge is 2.25. The lowest BCUT2D eigenvalue weighted by atomic mass is 10.1. The molecule has 0 bridgehead atoms. The summed E-state index contributed by atoms with van der Waals surface area (Å²) in [4.78, 5) is 18.4. The van der Waals surface area contributed by atoms with Crippen molar-refractivity contribution in [2.45, 2.75) is 18.9 Å². The number of amides is 1. The van der Waals surface area contributed by atoms with Gasteiger partial charge in [-0.05, 0) is 43.2 Å². The molecule has 1 saturated carbocycles. The Morgan fingerprint density at radius 1 is 1.31 bits per heavy atom. The maximum atomic E-state index is 12.8. The summed E-state index contributed by atoms with van der Waals surface area (Å²) in [5, 5.41) is 15.0. The van der Waals surface area contributed by atoms with Gasteiger partial charge in [-0.15, -0.1) is 11.3 Å². The second-order valence-corrected chi connectivity index (χ2v) is 7.13. The maximum Gasteiger partial charge on any atom is 0.266 e. The average molecular weight is 366 g/mol. The molecule has 1 aliphatic rings. The molecule has 7 heteroatoms. The molecule has 0 radical (unpaired) electrons. The Morgan fingerprint density at radius 3 is 2.73 bits per heavy atom. The van der Waals surface area contributed by atoms with Gasteiger partial charge in [-0.3, -0.25) is 4.79 Å². The molecule has 0 saturated heterocycles. The quantitative estimate of drug-likeness (QED) is 0.573. The zero-order chi connectivity index (χ0) is 18.1. The topological polar surface area (TPSA) is 87.1 Å². The molecule has 132 valence electrons. The van der Waals surface area contributed by atoms with Gasteiger partial charge in [0.05, 0.1) is 7.11 Å². The summed E-state index contributed by atoms with van der Waals surface area (Å²) in [5.74, 6) is 0.485. The fraction of sp³-hybridized carbons (Fsp3) is 0.211. The van der Waals surface area contributed by atoms with Crippen LogP contribution in [0.4, 0.5) is 11.4 Å². The molecular weight excluding hydrogens is 348 g/mol. The van der Waals surface area contributed by atoms with Crippen LogP contribution in [0.15, 0.2) is 36.5 Å². The van der Waals surface area contributed by atoms with Gasteiger partial charge in [-0.1, -0.05) is 0 Å². The number of fused-ring (bicyclic) bond motifs is 1. The number of benzene rings is 1. The fourth-order valence-corrected chi connectivity index (χ4v) is 3.83. The Labute approximate surface area is 154 Å². The molecule has 4 rings (SSSR count). The van der Waals surface area contributed by atoms with E-state index in [1.165, 1.54) is 17.6 Å². The van der Waals surface area contributed by atoms with Crippen LogP contribution < -0.4 is 15.4 Å². The first-order chi connectivity index (χ1) is 12.7. The van der Waals surface area contributed by atoms with E-state index in [0.717, 1.165) is 34.5 Å². The molecule has 3 N–H and O–H groups in total. The number of hydrogen-bond donors (Lipinski definition) is 3. The number of anilines is 2. The first kappa shape index (κ1) is 16.5. The van der Waals surface area contributed by atoms with Gasteiger partial charge in [0, 0.05) is 40.8 Å². The average Bonchev–Trinajstić information content (AvgIpc) is 3.39. The number of nitrogens with zero attached hydrogens (tertiary/aromatic N) is 1. The third kappa shape index (κ3) is 3.13. The van der Waals surface area contributed by atoms with Gasteiger partial charge < -0.3 is 20.8 Å². The van der Waals surface area contributed by atoms with Gasteiger partial charge in [0.2, 0.25) is 0 Å². The number of pyridine rings is 1. The van der Waals surface area contributed by atoms with Crippen molar-refractivity contribution in [2.24, 2.45) is 0 Å². The number of carbonyl (C=O) groups is 1. The standard InChI is InChI=1S/C19H18N4O2S/c1-25-13-6-4-12(5-7-13)23-18(24)17-14(10-20)16-15(22-11-2-3-11)8-9-21-19(16)26-17/h4-11,20H,2-3H2,1H3,(H,21,22)(H,23,24). The van der Waals surface area contributed by atoms with Crippen molar-refractivity contribution in [1.82, 2.24) is 4.98 Å². The first-order valence-electron chi connectivity index (χ1n) is 8.33. The predicted molar refractivity (Wildman–Crippen MR) is 105 cm³/mol. The Balaban J connectivity index is 1.68. The van der Waals surface area contributed by atoms with Crippen LogP contribution in [0.3, 0.4) is 0 Å². The van der Waals surface area contributed by atoms with Crippen molar-refractivity contribution in [3.8, 4) is 5.75 Å². The van der Waals surface area contributed by atoms with Crippen LogP contribution in [0.1, 0.15) is 28.1 Å². The van der Waals surface area contributed by atoms with E-state index in [2.05, 4.69) is 15.6 Å². The first-order valence-corrected chi connectivity index (χ1v) is 9.15. The number of rotatable bonds is 6. The molecule has 0 unspecified atom stereocenters. The Bertz CT molecular complexity index is 977. The third-order valence-corrected chi connectivity index (χ3v) is 5.38. The number of nitrogens with one attached hydrogen (secondary N) is 3. The van der Waals surface area contributed by atoms with E-state index in [4.69, 9.17) is 10.1 Å². The molecule has 0 aliphatic heterocycles. The largest absolute Gasteiger partial charge is 0.497 e. The Kier molecular flexibility index (Phi) is 4.30. The van der Waals surface area contributed by atoms with Gasteiger partial charge >= 0.3 is 0 Å². The highest BCUT2D eigenvalue weighted by atomic mass is 32.1. The summed E-state index contributed by atoms with van der Waals surface area (Å²) in [5.41, 5.74) is 2.22. The van der Waals surface area contributed by atoms with Crippen LogP contribution in [0.25, 0.3) is 10.2 Å². The lowest BCUT2D eigenvalue weighted by Crippen LogP contribution is -2.12. The van der Waals surface area contributed by atoms with Crippen molar-refractivity contribution in [2.75, 3.05) is 17.7 Å². The summed E-state index contributed by atoms with van der Waals surface area (Å²) in [6.45, 7) is 0. The summed E-state index contributed by atoms with van der Waals surface area (Å²) in [6.07, 6.45) is 5.28. The summed E-state index contributed by atoms with van der Waals surface area (Å²) < 4.78 is 5.13. The SMILES string of the molecule is COc1ccc(NC(=O)c2sc3nccc(NC4CC4)c3c2C=N)cc1. The van der Waals surface area contributed by atoms with E-state index in [0.29, 0.717) is 22.2 Å². The summed E-state index contributed by atoms with van der Waals surface area (Å²) in [6, 6.07) is 9.54. The van der Waals surface area contributed by atoms with E-state index in [1.807, 2.05) is 6.07 Å². The second kappa shape index (κ2) is 6.76. The van der Waals surface area contributed by atoms with E-state index in [1.54, 1.807) is 37.6 Å². The molecular formula is C19H18N4O2S. The van der Waals surface area contributed by atoms with Crippen LogP contribution in [-0.2, 0) is 0 Å². The third-order valence-electron chi connectivity index (χ3n) is 4.26. The molecule has 1 fully saturated rings. The molecule has 1 aliphatic carbocycles. The fourth-order valence-electron chi connectivity index (χ4n) is 2.78. The molecule has 26 heavy (non-hydrogen) atoms. The van der Waals surface area contributed by atoms with E-state index in [-0.39, 0.29) is 5.91 Å². The highest BCUT2D eigenvalue weighted by molar-refractivity contribution is 7.21. The minimum Gasteiger partial charge on any atom is -0.497 e. The van der Waals surface area contributed by atoms with Crippen molar-refractivity contribution in [3.63, 3.8) is 0 Å². The second-order valence-electron chi connectivity index (χ2n) is 6.13. The molecule has 1 aromatic carbocycles. The summed E-state index contributed by atoms with van der Waals surface area (Å²) in [7, 11) is 1.60. The minimum atomic E-state index is -0.242. The van der Waals surface area contributed by atoms with Gasteiger partial charge in [0.1, 0.15) is 15.5 Å². The number of thiophene rings is 1. The Morgan fingerprint density at radius 2 is 2.08 bits per heavy atom. The van der Waals surface area contributed by atoms with E-state index < -0.39 is 0 Å². The molecule has 2 heterocycles. The van der Waals surface area contributed by atoms with E-state index >= 15 is 0 Å². The van der Waals surface area contributed by atoms with Crippen LogP contribution in [0, 0.1) is 5.41 Å². The summed E-state index contributed by atoms with van der Waals surface area (Å²) >= 11 is 1.31. The maximum absolute atomic E-state index is 12.8. The van der Waals surface area contributed by atoms with Crippen LogP contribution in [-0.4, -0.2) is 30.3 Å². The van der Waals surface area contributed by atoms with Crippen molar-refractivity contribution in [3.05, 3.63) is 47.0 Å². The number of hydrogen-bond acceptors (Lipinski definition) is 6. The predicted octanol–water partition coefficient (Wildman–Crippen LogP) is 4.13. The zero-order valence-electron chi connectivity index (χ0n) is 14.2. The van der Waals surface area contributed by atoms with Gasteiger partial charge in [0.15, 0.2) is 0 Å². The van der Waals surface area contributed by atoms with Crippen LogP contribution in [0.2, 0.25) is 0 Å². The lowest BCUT2D eigenvalue weighted by molar-refractivity contribution is 0.103. The molecule has 0 spiro atoms.